The van der Waals surface area contributed by atoms with E-state index in [1.54, 1.807) is 0 Å². The van der Waals surface area contributed by atoms with Gasteiger partial charge in [0.05, 0.1) is 0 Å². The van der Waals surface area contributed by atoms with Crippen molar-refractivity contribution in [2.45, 2.75) is 37.8 Å². The zero-order chi connectivity index (χ0) is 8.27. The molecule has 11 heavy (non-hydrogen) atoms. The average Bonchev–Trinajstić information content (AvgIpc) is 1.93. The Morgan fingerprint density at radius 1 is 1.36 bits per heavy atom. The van der Waals surface area contributed by atoms with E-state index in [0.29, 0.717) is 0 Å². The standard InChI is InChI=1S/C7H14N2O2/c8-5-1-3-6(4-2-5)9-7(10)11/h5-6,9H,1-4,8H2,(H,10,11). The van der Waals surface area contributed by atoms with Crippen molar-refractivity contribution in [2.24, 2.45) is 5.73 Å². The minimum absolute atomic E-state index is 0.132. The molecule has 0 heterocycles. The Morgan fingerprint density at radius 3 is 2.36 bits per heavy atom. The second-order valence-corrected chi connectivity index (χ2v) is 3.06. The number of amides is 1. The topological polar surface area (TPSA) is 75.3 Å². The molecule has 0 aromatic carbocycles. The van der Waals surface area contributed by atoms with Crippen LogP contribution < -0.4 is 11.1 Å². The van der Waals surface area contributed by atoms with Crippen LogP contribution in [0.2, 0.25) is 0 Å². The SMILES string of the molecule is NC1CCC(NC(=O)O)CC1. The fraction of sp³-hybridized carbons (Fsp3) is 0.857. The van der Waals surface area contributed by atoms with Crippen molar-refractivity contribution in [3.63, 3.8) is 0 Å². The third-order valence-corrected chi connectivity index (χ3v) is 2.10. The van der Waals surface area contributed by atoms with E-state index in [2.05, 4.69) is 5.32 Å². The van der Waals surface area contributed by atoms with Crippen LogP contribution in [0.4, 0.5) is 4.79 Å². The number of rotatable bonds is 1. The van der Waals surface area contributed by atoms with Gasteiger partial charge < -0.3 is 16.2 Å². The number of nitrogens with two attached hydrogens (primary N) is 1. The zero-order valence-corrected chi connectivity index (χ0v) is 6.42. The maximum Gasteiger partial charge on any atom is 0.404 e. The zero-order valence-electron chi connectivity index (χ0n) is 6.42. The number of carbonyl (C=O) groups is 1. The molecule has 0 saturated heterocycles. The molecule has 1 fully saturated rings. The fourth-order valence-electron chi connectivity index (χ4n) is 1.44. The second kappa shape index (κ2) is 3.57. The molecule has 0 atom stereocenters. The van der Waals surface area contributed by atoms with Crippen molar-refractivity contribution >= 4 is 6.09 Å². The molecule has 4 nitrogen and oxygen atoms in total. The van der Waals surface area contributed by atoms with Crippen LogP contribution in [0.1, 0.15) is 25.7 Å². The molecule has 0 unspecified atom stereocenters. The molecule has 0 spiro atoms. The van der Waals surface area contributed by atoms with E-state index < -0.39 is 6.09 Å². The van der Waals surface area contributed by atoms with E-state index in [-0.39, 0.29) is 12.1 Å². The summed E-state index contributed by atoms with van der Waals surface area (Å²) in [6, 6.07) is 0.411. The highest BCUT2D eigenvalue weighted by Gasteiger charge is 2.19. The van der Waals surface area contributed by atoms with Gasteiger partial charge in [-0.2, -0.15) is 0 Å². The van der Waals surface area contributed by atoms with Gasteiger partial charge in [-0.25, -0.2) is 4.79 Å². The van der Waals surface area contributed by atoms with Gasteiger partial charge in [-0.3, -0.25) is 0 Å². The summed E-state index contributed by atoms with van der Waals surface area (Å²) < 4.78 is 0. The molecule has 0 bridgehead atoms. The maximum absolute atomic E-state index is 10.2. The molecule has 1 saturated carbocycles. The first-order valence-corrected chi connectivity index (χ1v) is 3.93. The third-order valence-electron chi connectivity index (χ3n) is 2.10. The Morgan fingerprint density at radius 2 is 1.91 bits per heavy atom. The number of nitrogens with one attached hydrogen (secondary N) is 1. The highest BCUT2D eigenvalue weighted by Crippen LogP contribution is 2.16. The summed E-state index contributed by atoms with van der Waals surface area (Å²) in [5.74, 6) is 0. The van der Waals surface area contributed by atoms with Gasteiger partial charge in [0.25, 0.3) is 0 Å². The van der Waals surface area contributed by atoms with Crippen molar-refractivity contribution in [3.8, 4) is 0 Å². The Bertz CT molecular complexity index is 141. The first-order chi connectivity index (χ1) is 5.18. The van der Waals surface area contributed by atoms with Gasteiger partial charge >= 0.3 is 6.09 Å². The van der Waals surface area contributed by atoms with Crippen molar-refractivity contribution in [1.82, 2.24) is 5.32 Å². The van der Waals surface area contributed by atoms with Gasteiger partial charge in [0.15, 0.2) is 0 Å². The molecule has 1 aliphatic carbocycles. The molecule has 4 heteroatoms. The monoisotopic (exact) mass is 158 g/mol. The Kier molecular flexibility index (Phi) is 2.70. The van der Waals surface area contributed by atoms with Crippen LogP contribution in [-0.4, -0.2) is 23.3 Å². The summed E-state index contributed by atoms with van der Waals surface area (Å²) in [5, 5.41) is 10.9. The summed E-state index contributed by atoms with van der Waals surface area (Å²) in [7, 11) is 0. The third kappa shape index (κ3) is 2.76. The van der Waals surface area contributed by atoms with Gasteiger partial charge in [-0.05, 0) is 25.7 Å². The Hall–Kier alpha value is -0.770. The normalized spacial score (nSPS) is 31.4. The first kappa shape index (κ1) is 8.33. The van der Waals surface area contributed by atoms with Crippen molar-refractivity contribution in [3.05, 3.63) is 0 Å². The van der Waals surface area contributed by atoms with Crippen LogP contribution in [0.5, 0.6) is 0 Å². The predicted molar refractivity (Wildman–Crippen MR) is 41.4 cm³/mol. The molecular weight excluding hydrogens is 144 g/mol. The molecule has 0 aromatic heterocycles. The number of hydrogen-bond donors (Lipinski definition) is 3. The summed E-state index contributed by atoms with van der Waals surface area (Å²) >= 11 is 0. The van der Waals surface area contributed by atoms with Crippen molar-refractivity contribution in [1.29, 1.82) is 0 Å². The van der Waals surface area contributed by atoms with Gasteiger partial charge in [-0.15, -0.1) is 0 Å². The summed E-state index contributed by atoms with van der Waals surface area (Å²) in [4.78, 5) is 10.2. The minimum Gasteiger partial charge on any atom is -0.465 e. The summed E-state index contributed by atoms with van der Waals surface area (Å²) in [6.07, 6.45) is 2.71. The van der Waals surface area contributed by atoms with Gasteiger partial charge in [0, 0.05) is 12.1 Å². The molecule has 0 aromatic rings. The van der Waals surface area contributed by atoms with Gasteiger partial charge in [-0.1, -0.05) is 0 Å². The lowest BCUT2D eigenvalue weighted by atomic mass is 9.92. The summed E-state index contributed by atoms with van der Waals surface area (Å²) in [6.45, 7) is 0. The molecule has 4 N–H and O–H groups in total. The van der Waals surface area contributed by atoms with Crippen LogP contribution in [0, 0.1) is 0 Å². The Labute approximate surface area is 65.8 Å². The lowest BCUT2D eigenvalue weighted by Crippen LogP contribution is -2.39. The van der Waals surface area contributed by atoms with Crippen LogP contribution in [0.25, 0.3) is 0 Å². The Balaban J connectivity index is 2.22. The number of carboxylic acid groups (broad SMARTS) is 1. The molecular formula is C7H14N2O2. The van der Waals surface area contributed by atoms with Crippen molar-refractivity contribution in [2.75, 3.05) is 0 Å². The smallest absolute Gasteiger partial charge is 0.404 e. The number of hydrogen-bond acceptors (Lipinski definition) is 2. The predicted octanol–water partition coefficient (Wildman–Crippen LogP) is 0.524. The molecule has 1 aliphatic rings. The highest BCUT2D eigenvalue weighted by molar-refractivity contribution is 5.64. The van der Waals surface area contributed by atoms with E-state index in [4.69, 9.17) is 10.8 Å². The maximum atomic E-state index is 10.2. The van der Waals surface area contributed by atoms with Gasteiger partial charge in [0.2, 0.25) is 0 Å². The van der Waals surface area contributed by atoms with Crippen LogP contribution >= 0.6 is 0 Å². The highest BCUT2D eigenvalue weighted by atomic mass is 16.4. The largest absolute Gasteiger partial charge is 0.465 e. The quantitative estimate of drug-likeness (QED) is 0.521. The fourth-order valence-corrected chi connectivity index (χ4v) is 1.44. The van der Waals surface area contributed by atoms with E-state index in [0.717, 1.165) is 25.7 Å². The molecule has 0 radical (unpaired) electrons. The molecule has 1 amide bonds. The van der Waals surface area contributed by atoms with Crippen LogP contribution in [0.15, 0.2) is 0 Å². The van der Waals surface area contributed by atoms with Gasteiger partial charge in [0.1, 0.15) is 0 Å². The first-order valence-electron chi connectivity index (χ1n) is 3.93. The van der Waals surface area contributed by atoms with Crippen LogP contribution in [-0.2, 0) is 0 Å². The molecule has 1 rings (SSSR count). The second-order valence-electron chi connectivity index (χ2n) is 3.06. The minimum atomic E-state index is -0.925. The van der Waals surface area contributed by atoms with E-state index >= 15 is 0 Å². The van der Waals surface area contributed by atoms with Crippen LogP contribution in [0.3, 0.4) is 0 Å². The summed E-state index contributed by atoms with van der Waals surface area (Å²) in [5.41, 5.74) is 5.65. The average molecular weight is 158 g/mol. The van der Waals surface area contributed by atoms with E-state index in [1.807, 2.05) is 0 Å². The molecule has 64 valence electrons. The van der Waals surface area contributed by atoms with E-state index in [1.165, 1.54) is 0 Å². The lowest BCUT2D eigenvalue weighted by molar-refractivity contribution is 0.185. The van der Waals surface area contributed by atoms with E-state index in [9.17, 15) is 4.79 Å². The lowest BCUT2D eigenvalue weighted by Gasteiger charge is -2.25. The van der Waals surface area contributed by atoms with Crippen molar-refractivity contribution < 1.29 is 9.90 Å². The molecule has 0 aliphatic heterocycles.